The molecule has 0 spiro atoms. The van der Waals surface area contributed by atoms with Gasteiger partial charge < -0.3 is 15.5 Å². The second-order valence-corrected chi connectivity index (χ2v) is 8.03. The first kappa shape index (κ1) is 17.8. The van der Waals surface area contributed by atoms with Gasteiger partial charge in [-0.2, -0.15) is 0 Å². The lowest BCUT2D eigenvalue weighted by atomic mass is 10.1. The van der Waals surface area contributed by atoms with Crippen LogP contribution in [0.5, 0.6) is 0 Å². The minimum Gasteiger partial charge on any atom is -0.354 e. The van der Waals surface area contributed by atoms with E-state index >= 15 is 0 Å². The fourth-order valence-corrected chi connectivity index (χ4v) is 4.66. The fourth-order valence-electron chi connectivity index (χ4n) is 2.56. The Kier molecular flexibility index (Phi) is 5.67. The third kappa shape index (κ3) is 4.18. The zero-order valence-electron chi connectivity index (χ0n) is 14.4. The summed E-state index contributed by atoms with van der Waals surface area (Å²) in [5.41, 5.74) is 6.94. The number of carbonyl (C=O) groups is 1. The molecule has 0 atom stereocenters. The van der Waals surface area contributed by atoms with Crippen LogP contribution in [0.1, 0.15) is 15.2 Å². The molecule has 0 fully saturated rings. The zero-order valence-corrected chi connectivity index (χ0v) is 16.1. The molecule has 0 radical (unpaired) electrons. The van der Waals surface area contributed by atoms with Gasteiger partial charge in [0.1, 0.15) is 4.83 Å². The molecule has 2 aromatic heterocycles. The number of rotatable bonds is 7. The van der Waals surface area contributed by atoms with Crippen molar-refractivity contribution in [1.29, 1.82) is 0 Å². The molecule has 3 aromatic rings. The highest BCUT2D eigenvalue weighted by atomic mass is 32.1. The Morgan fingerprint density at radius 3 is 2.56 bits per heavy atom. The summed E-state index contributed by atoms with van der Waals surface area (Å²) in [5, 5.41) is 0.961. The van der Waals surface area contributed by atoms with Gasteiger partial charge >= 0.3 is 0 Å². The number of fused-ring (bicyclic) bond motifs is 1. The molecule has 132 valence electrons. The number of anilines is 1. The van der Waals surface area contributed by atoms with Crippen LogP contribution in [-0.2, 0) is 6.42 Å². The number of hydrogen-bond acceptors (Lipinski definition) is 6. The molecule has 0 saturated heterocycles. The number of aromatic nitrogens is 1. The average Bonchev–Trinajstić information content (AvgIpc) is 3.18. The molecular formula is C18H22N4OS2. The molecule has 7 heteroatoms. The Morgan fingerprint density at radius 2 is 1.92 bits per heavy atom. The first-order valence-corrected chi connectivity index (χ1v) is 9.82. The van der Waals surface area contributed by atoms with E-state index in [1.165, 1.54) is 16.9 Å². The molecule has 5 nitrogen and oxygen atoms in total. The lowest BCUT2D eigenvalue weighted by Gasteiger charge is -2.21. The molecule has 1 amide bonds. The number of nitrogens with two attached hydrogens (primary N) is 1. The van der Waals surface area contributed by atoms with Crippen LogP contribution in [0.2, 0.25) is 0 Å². The van der Waals surface area contributed by atoms with Crippen molar-refractivity contribution in [3.05, 3.63) is 46.8 Å². The van der Waals surface area contributed by atoms with E-state index in [0.717, 1.165) is 26.0 Å². The maximum Gasteiger partial charge on any atom is 0.264 e. The Morgan fingerprint density at radius 1 is 1.16 bits per heavy atom. The lowest BCUT2D eigenvalue weighted by molar-refractivity contribution is 0.0767. The van der Waals surface area contributed by atoms with Gasteiger partial charge in [0.25, 0.3) is 5.91 Å². The fraction of sp³-hybridized carbons (Fsp3) is 0.333. The standard InChI is InChI=1S/C18H22N4OS2/c1-21(2)18-20-16-14(25-18)12-15(24-16)17(23)22(11-9-19)10-8-13-6-4-3-5-7-13/h3-7,12H,8-11,19H2,1-2H3. The summed E-state index contributed by atoms with van der Waals surface area (Å²) in [5.74, 6) is 0.0444. The van der Waals surface area contributed by atoms with Crippen LogP contribution in [0.25, 0.3) is 9.53 Å². The van der Waals surface area contributed by atoms with Crippen LogP contribution in [0, 0.1) is 0 Å². The van der Waals surface area contributed by atoms with Crippen LogP contribution in [0.15, 0.2) is 36.4 Å². The van der Waals surface area contributed by atoms with E-state index in [1.807, 2.05) is 48.2 Å². The zero-order chi connectivity index (χ0) is 17.8. The predicted molar refractivity (Wildman–Crippen MR) is 107 cm³/mol. The molecule has 3 rings (SSSR count). The summed E-state index contributed by atoms with van der Waals surface area (Å²) < 4.78 is 1.06. The van der Waals surface area contributed by atoms with Gasteiger partial charge in [0.2, 0.25) is 0 Å². The van der Waals surface area contributed by atoms with Gasteiger partial charge in [0.15, 0.2) is 5.13 Å². The normalized spacial score (nSPS) is 11.0. The highest BCUT2D eigenvalue weighted by Gasteiger charge is 2.19. The van der Waals surface area contributed by atoms with E-state index in [1.54, 1.807) is 11.3 Å². The summed E-state index contributed by atoms with van der Waals surface area (Å²) in [6.07, 6.45) is 0.829. The van der Waals surface area contributed by atoms with E-state index in [4.69, 9.17) is 5.73 Å². The van der Waals surface area contributed by atoms with Crippen LogP contribution < -0.4 is 10.6 Å². The molecule has 2 N–H and O–H groups in total. The smallest absolute Gasteiger partial charge is 0.264 e. The molecule has 0 aliphatic carbocycles. The number of thiophene rings is 1. The van der Waals surface area contributed by atoms with E-state index < -0.39 is 0 Å². The molecule has 2 heterocycles. The van der Waals surface area contributed by atoms with Gasteiger partial charge in [-0.1, -0.05) is 41.7 Å². The molecular weight excluding hydrogens is 352 g/mol. The van der Waals surface area contributed by atoms with Crippen LogP contribution >= 0.6 is 22.7 Å². The largest absolute Gasteiger partial charge is 0.354 e. The number of carbonyl (C=O) groups excluding carboxylic acids is 1. The molecule has 0 aliphatic rings. The molecule has 0 unspecified atom stereocenters. The Hall–Kier alpha value is -1.96. The summed E-state index contributed by atoms with van der Waals surface area (Å²) >= 11 is 3.07. The highest BCUT2D eigenvalue weighted by Crippen LogP contribution is 2.34. The highest BCUT2D eigenvalue weighted by molar-refractivity contribution is 7.29. The van der Waals surface area contributed by atoms with Crippen LogP contribution in [0.4, 0.5) is 5.13 Å². The molecule has 0 saturated carbocycles. The second-order valence-electron chi connectivity index (χ2n) is 5.99. The van der Waals surface area contributed by atoms with E-state index in [-0.39, 0.29) is 5.91 Å². The Labute approximate surface area is 155 Å². The first-order chi connectivity index (χ1) is 12.1. The van der Waals surface area contributed by atoms with Crippen LogP contribution in [-0.4, -0.2) is 49.5 Å². The number of hydrogen-bond donors (Lipinski definition) is 1. The molecule has 0 aliphatic heterocycles. The number of amides is 1. The summed E-state index contributed by atoms with van der Waals surface area (Å²) in [6.45, 7) is 1.69. The van der Waals surface area contributed by atoms with Crippen molar-refractivity contribution in [2.45, 2.75) is 6.42 Å². The number of thiazole rings is 1. The predicted octanol–water partition coefficient (Wildman–Crippen LogP) is 3.07. The number of benzene rings is 1. The van der Waals surface area contributed by atoms with Crippen molar-refractivity contribution in [1.82, 2.24) is 9.88 Å². The molecule has 0 bridgehead atoms. The lowest BCUT2D eigenvalue weighted by Crippen LogP contribution is -2.36. The van der Waals surface area contributed by atoms with Gasteiger partial charge in [-0.15, -0.1) is 11.3 Å². The van der Waals surface area contributed by atoms with Crippen molar-refractivity contribution >= 4 is 43.2 Å². The Bertz CT molecular complexity index is 810. The van der Waals surface area contributed by atoms with E-state index in [2.05, 4.69) is 17.1 Å². The van der Waals surface area contributed by atoms with Crippen molar-refractivity contribution in [2.24, 2.45) is 5.73 Å². The van der Waals surface area contributed by atoms with E-state index in [0.29, 0.717) is 19.6 Å². The third-order valence-corrected chi connectivity index (χ3v) is 6.19. The van der Waals surface area contributed by atoms with Crippen molar-refractivity contribution in [3.8, 4) is 0 Å². The monoisotopic (exact) mass is 374 g/mol. The maximum atomic E-state index is 12.9. The van der Waals surface area contributed by atoms with Gasteiger partial charge in [-0.3, -0.25) is 4.79 Å². The number of nitrogens with zero attached hydrogens (tertiary/aromatic N) is 3. The summed E-state index contributed by atoms with van der Waals surface area (Å²) in [6, 6.07) is 12.2. The minimum atomic E-state index is 0.0444. The second kappa shape index (κ2) is 7.95. The SMILES string of the molecule is CN(C)c1nc2sc(C(=O)N(CCN)CCc3ccccc3)cc2s1. The van der Waals surface area contributed by atoms with Crippen molar-refractivity contribution in [3.63, 3.8) is 0 Å². The van der Waals surface area contributed by atoms with Crippen molar-refractivity contribution < 1.29 is 4.79 Å². The quantitative estimate of drug-likeness (QED) is 0.690. The topological polar surface area (TPSA) is 62.5 Å². The van der Waals surface area contributed by atoms with Crippen LogP contribution in [0.3, 0.4) is 0 Å². The van der Waals surface area contributed by atoms with Gasteiger partial charge in [-0.05, 0) is 18.1 Å². The maximum absolute atomic E-state index is 12.9. The first-order valence-electron chi connectivity index (χ1n) is 8.19. The van der Waals surface area contributed by atoms with Gasteiger partial charge in [0, 0.05) is 33.7 Å². The molecule has 25 heavy (non-hydrogen) atoms. The van der Waals surface area contributed by atoms with Gasteiger partial charge in [0.05, 0.1) is 9.58 Å². The summed E-state index contributed by atoms with van der Waals surface area (Å²) in [7, 11) is 3.95. The minimum absolute atomic E-state index is 0.0444. The summed E-state index contributed by atoms with van der Waals surface area (Å²) in [4.78, 5) is 23.0. The van der Waals surface area contributed by atoms with E-state index in [9.17, 15) is 4.79 Å². The molecule has 1 aromatic carbocycles. The van der Waals surface area contributed by atoms with Gasteiger partial charge in [-0.25, -0.2) is 4.98 Å². The Balaban J connectivity index is 1.74. The third-order valence-electron chi connectivity index (χ3n) is 3.87. The van der Waals surface area contributed by atoms with Crippen molar-refractivity contribution in [2.75, 3.05) is 38.6 Å². The average molecular weight is 375 g/mol.